The minimum Gasteiger partial charge on any atom is -0.314 e. The quantitative estimate of drug-likeness (QED) is 0.751. The van der Waals surface area contributed by atoms with Gasteiger partial charge in [0, 0.05) is 11.1 Å². The average Bonchev–Trinajstić information content (AvgIpc) is 2.24. The number of benzene rings is 1. The van der Waals surface area contributed by atoms with Crippen LogP contribution in [0.5, 0.6) is 0 Å². The van der Waals surface area contributed by atoms with Gasteiger partial charge in [0.05, 0.1) is 0 Å². The molecule has 0 heterocycles. The highest BCUT2D eigenvalue weighted by atomic mass is 35.5. The molecule has 1 aromatic carbocycles. The van der Waals surface area contributed by atoms with Gasteiger partial charge in [0.15, 0.2) is 0 Å². The van der Waals surface area contributed by atoms with Crippen LogP contribution in [0.1, 0.15) is 18.9 Å². The lowest BCUT2D eigenvalue weighted by Gasteiger charge is -2.16. The largest absolute Gasteiger partial charge is 0.314 e. The van der Waals surface area contributed by atoms with Crippen molar-refractivity contribution in [3.8, 4) is 0 Å². The maximum absolute atomic E-state index is 13.5. The lowest BCUT2D eigenvalue weighted by molar-refractivity contribution is 0.512. The lowest BCUT2D eigenvalue weighted by atomic mass is 10.0. The molecule has 0 aromatic heterocycles. The van der Waals surface area contributed by atoms with E-state index in [4.69, 9.17) is 11.6 Å². The average molecular weight is 242 g/mol. The van der Waals surface area contributed by atoms with Crippen molar-refractivity contribution >= 4 is 11.6 Å². The monoisotopic (exact) mass is 241 g/mol. The zero-order valence-electron chi connectivity index (χ0n) is 9.47. The van der Waals surface area contributed by atoms with E-state index in [9.17, 15) is 4.39 Å². The maximum atomic E-state index is 13.5. The van der Waals surface area contributed by atoms with Gasteiger partial charge in [0.25, 0.3) is 0 Å². The van der Waals surface area contributed by atoms with Crippen molar-refractivity contribution in [3.05, 3.63) is 47.3 Å². The molecule has 0 aliphatic carbocycles. The molecule has 0 aliphatic rings. The number of halogens is 2. The SMILES string of the molecule is C=CCC(Cc1cc(Cl)ccc1F)NCC. The Bertz CT molecular complexity index is 352. The summed E-state index contributed by atoms with van der Waals surface area (Å²) in [5.74, 6) is -0.198. The molecule has 0 aliphatic heterocycles. The van der Waals surface area contributed by atoms with Gasteiger partial charge in [-0.3, -0.25) is 0 Å². The first-order chi connectivity index (χ1) is 7.67. The first kappa shape index (κ1) is 13.2. The maximum Gasteiger partial charge on any atom is 0.126 e. The summed E-state index contributed by atoms with van der Waals surface area (Å²) in [5.41, 5.74) is 0.653. The summed E-state index contributed by atoms with van der Waals surface area (Å²) in [6, 6.07) is 4.88. The first-order valence-corrected chi connectivity index (χ1v) is 5.83. The van der Waals surface area contributed by atoms with Crippen molar-refractivity contribution in [2.24, 2.45) is 0 Å². The third-order valence-electron chi connectivity index (χ3n) is 2.42. The van der Waals surface area contributed by atoms with E-state index in [1.54, 1.807) is 12.1 Å². The van der Waals surface area contributed by atoms with Crippen LogP contribution in [0.4, 0.5) is 4.39 Å². The van der Waals surface area contributed by atoms with Gasteiger partial charge in [-0.1, -0.05) is 24.6 Å². The molecule has 88 valence electrons. The molecule has 1 N–H and O–H groups in total. The third kappa shape index (κ3) is 3.95. The van der Waals surface area contributed by atoms with Crippen LogP contribution >= 0.6 is 11.6 Å². The Morgan fingerprint density at radius 3 is 2.94 bits per heavy atom. The van der Waals surface area contributed by atoms with E-state index in [2.05, 4.69) is 11.9 Å². The van der Waals surface area contributed by atoms with Gasteiger partial charge in [-0.05, 0) is 43.1 Å². The summed E-state index contributed by atoms with van der Waals surface area (Å²) in [5, 5.41) is 3.87. The van der Waals surface area contributed by atoms with E-state index in [0.717, 1.165) is 13.0 Å². The molecule has 3 heteroatoms. The summed E-state index contributed by atoms with van der Waals surface area (Å²) in [4.78, 5) is 0. The zero-order chi connectivity index (χ0) is 12.0. The van der Waals surface area contributed by atoms with Crippen LogP contribution in [-0.2, 0) is 6.42 Å². The summed E-state index contributed by atoms with van der Waals surface area (Å²) in [6.07, 6.45) is 3.29. The van der Waals surface area contributed by atoms with Crippen LogP contribution in [0.25, 0.3) is 0 Å². The van der Waals surface area contributed by atoms with Gasteiger partial charge in [0.1, 0.15) is 5.82 Å². The second-order valence-corrected chi connectivity index (χ2v) is 4.16. The number of hydrogen-bond acceptors (Lipinski definition) is 1. The summed E-state index contributed by atoms with van der Waals surface area (Å²) >= 11 is 5.85. The van der Waals surface area contributed by atoms with Gasteiger partial charge in [0.2, 0.25) is 0 Å². The van der Waals surface area contributed by atoms with E-state index < -0.39 is 0 Å². The van der Waals surface area contributed by atoms with Crippen LogP contribution in [0.3, 0.4) is 0 Å². The van der Waals surface area contributed by atoms with E-state index >= 15 is 0 Å². The summed E-state index contributed by atoms with van der Waals surface area (Å²) < 4.78 is 13.5. The standard InChI is InChI=1S/C13H17ClFN/c1-3-5-12(16-4-2)9-10-8-11(14)6-7-13(10)15/h3,6-8,12,16H,1,4-5,9H2,2H3. The normalized spacial score (nSPS) is 12.4. The molecule has 0 saturated heterocycles. The van der Waals surface area contributed by atoms with E-state index in [0.29, 0.717) is 17.0 Å². The second-order valence-electron chi connectivity index (χ2n) is 3.72. The molecule has 1 atom stereocenters. The molecule has 16 heavy (non-hydrogen) atoms. The van der Waals surface area contributed by atoms with Gasteiger partial charge in [-0.25, -0.2) is 4.39 Å². The van der Waals surface area contributed by atoms with Gasteiger partial charge >= 0.3 is 0 Å². The Hall–Kier alpha value is -0.860. The van der Waals surface area contributed by atoms with Crippen molar-refractivity contribution in [2.75, 3.05) is 6.54 Å². The van der Waals surface area contributed by atoms with Crippen molar-refractivity contribution in [3.63, 3.8) is 0 Å². The Balaban J connectivity index is 2.75. The molecule has 1 aromatic rings. The minimum atomic E-state index is -0.198. The Labute approximate surface area is 101 Å². The van der Waals surface area contributed by atoms with E-state index in [1.807, 2.05) is 13.0 Å². The Morgan fingerprint density at radius 1 is 1.56 bits per heavy atom. The van der Waals surface area contributed by atoms with Crippen molar-refractivity contribution < 1.29 is 4.39 Å². The smallest absolute Gasteiger partial charge is 0.126 e. The molecular formula is C13H17ClFN. The molecule has 1 unspecified atom stereocenters. The highest BCUT2D eigenvalue weighted by molar-refractivity contribution is 6.30. The fourth-order valence-electron chi connectivity index (χ4n) is 1.69. The minimum absolute atomic E-state index is 0.198. The first-order valence-electron chi connectivity index (χ1n) is 5.45. The Kier molecular flexibility index (Phi) is 5.50. The van der Waals surface area contributed by atoms with Crippen LogP contribution in [0.15, 0.2) is 30.9 Å². The summed E-state index contributed by atoms with van der Waals surface area (Å²) in [6.45, 7) is 6.60. The van der Waals surface area contributed by atoms with Gasteiger partial charge in [-0.15, -0.1) is 6.58 Å². The van der Waals surface area contributed by atoms with Crippen LogP contribution < -0.4 is 5.32 Å². The number of rotatable bonds is 6. The topological polar surface area (TPSA) is 12.0 Å². The van der Waals surface area contributed by atoms with E-state index in [-0.39, 0.29) is 11.9 Å². The number of hydrogen-bond donors (Lipinski definition) is 1. The predicted molar refractivity (Wildman–Crippen MR) is 67.4 cm³/mol. The molecule has 1 rings (SSSR count). The van der Waals surface area contributed by atoms with Crippen molar-refractivity contribution in [1.82, 2.24) is 5.32 Å². The van der Waals surface area contributed by atoms with E-state index in [1.165, 1.54) is 6.07 Å². The summed E-state index contributed by atoms with van der Waals surface area (Å²) in [7, 11) is 0. The second kappa shape index (κ2) is 6.66. The van der Waals surface area contributed by atoms with Gasteiger partial charge in [-0.2, -0.15) is 0 Å². The molecule has 0 radical (unpaired) electrons. The fraction of sp³-hybridized carbons (Fsp3) is 0.385. The van der Waals surface area contributed by atoms with Crippen molar-refractivity contribution in [1.29, 1.82) is 0 Å². The molecule has 0 fully saturated rings. The van der Waals surface area contributed by atoms with Gasteiger partial charge < -0.3 is 5.32 Å². The van der Waals surface area contributed by atoms with Crippen LogP contribution in [0, 0.1) is 5.82 Å². The zero-order valence-corrected chi connectivity index (χ0v) is 10.2. The molecule has 0 spiro atoms. The Morgan fingerprint density at radius 2 is 2.31 bits per heavy atom. The van der Waals surface area contributed by atoms with Crippen LogP contribution in [-0.4, -0.2) is 12.6 Å². The third-order valence-corrected chi connectivity index (χ3v) is 2.65. The molecule has 1 nitrogen and oxygen atoms in total. The van der Waals surface area contributed by atoms with Crippen LogP contribution in [0.2, 0.25) is 5.02 Å². The number of nitrogens with one attached hydrogen (secondary N) is 1. The van der Waals surface area contributed by atoms with Crippen molar-refractivity contribution in [2.45, 2.75) is 25.8 Å². The highest BCUT2D eigenvalue weighted by Crippen LogP contribution is 2.17. The lowest BCUT2D eigenvalue weighted by Crippen LogP contribution is -2.30. The highest BCUT2D eigenvalue weighted by Gasteiger charge is 2.10. The molecule has 0 amide bonds. The predicted octanol–water partition coefficient (Wildman–Crippen LogP) is 3.58. The molecule has 0 saturated carbocycles. The number of likely N-dealkylation sites (N-methyl/N-ethyl adjacent to an activating group) is 1. The molecule has 0 bridgehead atoms. The molecular weight excluding hydrogens is 225 g/mol. The fourth-order valence-corrected chi connectivity index (χ4v) is 1.89.